The molecule has 1 aromatic carbocycles. The summed E-state index contributed by atoms with van der Waals surface area (Å²) in [5.74, 6) is 1.59. The van der Waals surface area contributed by atoms with Gasteiger partial charge < -0.3 is 14.5 Å². The lowest BCUT2D eigenvalue weighted by Gasteiger charge is -2.26. The fraction of sp³-hybridized carbons (Fsp3) is 0.348. The number of halogens is 1. The molecule has 0 bridgehead atoms. The fourth-order valence-corrected chi connectivity index (χ4v) is 4.59. The second-order valence-electron chi connectivity index (χ2n) is 7.83. The van der Waals surface area contributed by atoms with Crippen LogP contribution < -0.4 is 9.61 Å². The van der Waals surface area contributed by atoms with Gasteiger partial charge in [-0.2, -0.15) is 5.10 Å². The number of aromatic amines is 1. The van der Waals surface area contributed by atoms with Gasteiger partial charge in [0.1, 0.15) is 12.4 Å². The van der Waals surface area contributed by atoms with Gasteiger partial charge in [-0.15, -0.1) is 12.4 Å². The fourth-order valence-electron chi connectivity index (χ4n) is 3.81. The Balaban J connectivity index is 0.00000259. The molecule has 5 rings (SSSR count). The van der Waals surface area contributed by atoms with E-state index in [0.717, 1.165) is 65.9 Å². The summed E-state index contributed by atoms with van der Waals surface area (Å²) in [5.41, 5.74) is 2.94. The van der Waals surface area contributed by atoms with Crippen molar-refractivity contribution in [2.45, 2.75) is 12.8 Å². The quantitative estimate of drug-likeness (QED) is 0.429. The molecular formula is C23H26ClN5O3S. The zero-order chi connectivity index (χ0) is 21.9. The van der Waals surface area contributed by atoms with Crippen LogP contribution in [-0.4, -0.2) is 64.1 Å². The van der Waals surface area contributed by atoms with Crippen molar-refractivity contribution in [3.63, 3.8) is 0 Å². The van der Waals surface area contributed by atoms with E-state index in [2.05, 4.69) is 27.9 Å². The molecule has 0 amide bonds. The van der Waals surface area contributed by atoms with E-state index >= 15 is 0 Å². The molecule has 0 aliphatic carbocycles. The van der Waals surface area contributed by atoms with Crippen LogP contribution in [0.2, 0.25) is 0 Å². The standard InChI is InChI=1S/C23H25N5O3S.ClH/c1-16(17-2-4-20-21(14-17)32-23(29)25-20)19-6-7-28(26-19)22-5-3-18(15-24-22)31-13-10-27-8-11-30-12-9-27;/h2-7,14-16H,8-13H2,1H3,(H,25,29);1H/t16-;/m0./s1. The Bertz CT molecular complexity index is 1250. The molecule has 0 radical (unpaired) electrons. The predicted octanol–water partition coefficient (Wildman–Crippen LogP) is 3.45. The summed E-state index contributed by atoms with van der Waals surface area (Å²) in [4.78, 5) is 21.2. The third-order valence-corrected chi connectivity index (χ3v) is 6.58. The highest BCUT2D eigenvalue weighted by Crippen LogP contribution is 2.27. The third kappa shape index (κ3) is 5.44. The highest BCUT2D eigenvalue weighted by atomic mass is 35.5. The number of nitrogens with zero attached hydrogens (tertiary/aromatic N) is 4. The van der Waals surface area contributed by atoms with Gasteiger partial charge in [0, 0.05) is 31.7 Å². The Hall–Kier alpha value is -2.72. The van der Waals surface area contributed by atoms with Crippen LogP contribution >= 0.6 is 23.7 Å². The van der Waals surface area contributed by atoms with E-state index in [4.69, 9.17) is 14.6 Å². The Kier molecular flexibility index (Phi) is 7.44. The van der Waals surface area contributed by atoms with E-state index in [0.29, 0.717) is 6.61 Å². The smallest absolute Gasteiger partial charge is 0.305 e. The van der Waals surface area contributed by atoms with Crippen molar-refractivity contribution in [1.29, 1.82) is 0 Å². The number of aromatic nitrogens is 4. The highest BCUT2D eigenvalue weighted by Gasteiger charge is 2.14. The van der Waals surface area contributed by atoms with Gasteiger partial charge >= 0.3 is 4.87 Å². The molecule has 1 aliphatic rings. The average Bonchev–Trinajstić information content (AvgIpc) is 3.45. The number of hydrogen-bond donors (Lipinski definition) is 1. The van der Waals surface area contributed by atoms with Crippen molar-refractivity contribution in [3.05, 3.63) is 69.7 Å². The molecule has 4 aromatic rings. The summed E-state index contributed by atoms with van der Waals surface area (Å²) < 4.78 is 13.9. The second kappa shape index (κ2) is 10.5. The van der Waals surface area contributed by atoms with Crippen LogP contribution in [-0.2, 0) is 4.74 Å². The Morgan fingerprint density at radius 1 is 1.21 bits per heavy atom. The molecule has 3 aromatic heterocycles. The van der Waals surface area contributed by atoms with Crippen LogP contribution in [0.25, 0.3) is 16.0 Å². The average molecular weight is 488 g/mol. The summed E-state index contributed by atoms with van der Waals surface area (Å²) in [7, 11) is 0. The number of pyridine rings is 1. The molecule has 1 fully saturated rings. The Morgan fingerprint density at radius 3 is 2.85 bits per heavy atom. The molecule has 1 saturated heterocycles. The van der Waals surface area contributed by atoms with Gasteiger partial charge in [0.2, 0.25) is 0 Å². The minimum Gasteiger partial charge on any atom is -0.491 e. The Labute approximate surface area is 201 Å². The predicted molar refractivity (Wildman–Crippen MR) is 131 cm³/mol. The molecule has 1 aliphatic heterocycles. The third-order valence-electron chi connectivity index (χ3n) is 5.73. The van der Waals surface area contributed by atoms with Crippen molar-refractivity contribution in [3.8, 4) is 11.6 Å². The summed E-state index contributed by atoms with van der Waals surface area (Å²) in [6, 6.07) is 11.9. The maximum atomic E-state index is 11.6. The number of hydrogen-bond acceptors (Lipinski definition) is 7. The largest absolute Gasteiger partial charge is 0.491 e. The zero-order valence-electron chi connectivity index (χ0n) is 18.3. The number of morpholine rings is 1. The van der Waals surface area contributed by atoms with E-state index < -0.39 is 0 Å². The molecular weight excluding hydrogens is 462 g/mol. The number of nitrogens with one attached hydrogen (secondary N) is 1. The number of rotatable bonds is 7. The molecule has 10 heteroatoms. The lowest BCUT2D eigenvalue weighted by molar-refractivity contribution is 0.0322. The first-order valence-electron chi connectivity index (χ1n) is 10.7. The number of H-pyrrole nitrogens is 1. The minimum atomic E-state index is -0.0336. The molecule has 174 valence electrons. The molecule has 1 N–H and O–H groups in total. The van der Waals surface area contributed by atoms with Crippen LogP contribution in [0.3, 0.4) is 0 Å². The van der Waals surface area contributed by atoms with Gasteiger partial charge in [-0.05, 0) is 35.9 Å². The second-order valence-corrected chi connectivity index (χ2v) is 8.85. The van der Waals surface area contributed by atoms with Gasteiger partial charge in [0.05, 0.1) is 35.3 Å². The monoisotopic (exact) mass is 487 g/mol. The Morgan fingerprint density at radius 2 is 2.06 bits per heavy atom. The van der Waals surface area contributed by atoms with Crippen LogP contribution in [0, 0.1) is 0 Å². The maximum absolute atomic E-state index is 11.6. The first kappa shape index (κ1) is 23.4. The van der Waals surface area contributed by atoms with Crippen molar-refractivity contribution in [1.82, 2.24) is 24.6 Å². The molecule has 0 unspecified atom stereocenters. The van der Waals surface area contributed by atoms with Gasteiger partial charge in [-0.3, -0.25) is 9.69 Å². The first-order valence-corrected chi connectivity index (χ1v) is 11.5. The lowest BCUT2D eigenvalue weighted by Crippen LogP contribution is -2.38. The SMILES string of the molecule is C[C@@H](c1ccc2[nH]c(=O)sc2c1)c1ccn(-c2ccc(OCCN3CCOCC3)cn2)n1.Cl. The summed E-state index contributed by atoms with van der Waals surface area (Å²) in [6.07, 6.45) is 3.65. The number of fused-ring (bicyclic) bond motifs is 1. The summed E-state index contributed by atoms with van der Waals surface area (Å²) >= 11 is 1.23. The zero-order valence-corrected chi connectivity index (χ0v) is 19.9. The van der Waals surface area contributed by atoms with Crippen molar-refractivity contribution >= 4 is 34.0 Å². The number of benzene rings is 1. The molecule has 0 spiro atoms. The van der Waals surface area contributed by atoms with Gasteiger partial charge in [0.25, 0.3) is 0 Å². The molecule has 0 saturated carbocycles. The van der Waals surface area contributed by atoms with Crippen molar-refractivity contribution in [2.75, 3.05) is 39.5 Å². The van der Waals surface area contributed by atoms with Gasteiger partial charge in [-0.25, -0.2) is 9.67 Å². The lowest BCUT2D eigenvalue weighted by atomic mass is 9.98. The van der Waals surface area contributed by atoms with Gasteiger partial charge in [0.15, 0.2) is 5.82 Å². The molecule has 1 atom stereocenters. The normalized spacial score (nSPS) is 15.3. The van der Waals surface area contributed by atoms with E-state index in [1.807, 2.05) is 36.5 Å². The maximum Gasteiger partial charge on any atom is 0.305 e. The highest BCUT2D eigenvalue weighted by molar-refractivity contribution is 7.16. The van der Waals surface area contributed by atoms with E-state index in [9.17, 15) is 4.79 Å². The van der Waals surface area contributed by atoms with Gasteiger partial charge in [-0.1, -0.05) is 24.3 Å². The first-order chi connectivity index (χ1) is 15.7. The van der Waals surface area contributed by atoms with Crippen LogP contribution in [0.5, 0.6) is 5.75 Å². The summed E-state index contributed by atoms with van der Waals surface area (Å²) in [5, 5.41) is 4.72. The molecule has 8 nitrogen and oxygen atoms in total. The number of ether oxygens (including phenoxy) is 2. The van der Waals surface area contributed by atoms with Crippen molar-refractivity contribution in [2.24, 2.45) is 0 Å². The molecule has 33 heavy (non-hydrogen) atoms. The number of thiazole rings is 1. The van der Waals surface area contributed by atoms with Crippen LogP contribution in [0.4, 0.5) is 0 Å². The summed E-state index contributed by atoms with van der Waals surface area (Å²) in [6.45, 7) is 7.13. The van der Waals surface area contributed by atoms with Crippen LogP contribution in [0.15, 0.2) is 53.6 Å². The van der Waals surface area contributed by atoms with E-state index in [1.165, 1.54) is 11.3 Å². The topological polar surface area (TPSA) is 85.3 Å². The molecule has 4 heterocycles. The van der Waals surface area contributed by atoms with Crippen LogP contribution in [0.1, 0.15) is 24.1 Å². The minimum absolute atomic E-state index is 0. The van der Waals surface area contributed by atoms with Crippen molar-refractivity contribution < 1.29 is 9.47 Å². The van der Waals surface area contributed by atoms with E-state index in [1.54, 1.807) is 10.9 Å². The van der Waals surface area contributed by atoms with E-state index in [-0.39, 0.29) is 23.2 Å².